The molecule has 1 heterocycles. The van der Waals surface area contributed by atoms with Gasteiger partial charge in [0.15, 0.2) is 0 Å². The van der Waals surface area contributed by atoms with Crippen molar-refractivity contribution in [2.45, 2.75) is 38.2 Å². The number of fused-ring (bicyclic) bond motifs is 1. The second kappa shape index (κ2) is 5.36. The lowest BCUT2D eigenvalue weighted by Crippen LogP contribution is -2.38. The first-order valence-corrected chi connectivity index (χ1v) is 8.19. The lowest BCUT2D eigenvalue weighted by Gasteiger charge is -2.48. The molecule has 2 nitrogen and oxygen atoms in total. The molecule has 2 aromatic rings. The number of nitrogens with zero attached hydrogens (tertiary/aromatic N) is 1. The van der Waals surface area contributed by atoms with E-state index in [0.29, 0.717) is 0 Å². The second-order valence-corrected chi connectivity index (χ2v) is 6.48. The van der Waals surface area contributed by atoms with Crippen molar-refractivity contribution in [3.8, 4) is 0 Å². The van der Waals surface area contributed by atoms with Crippen LogP contribution in [0.15, 0.2) is 54.7 Å². The number of benzene rings is 1. The number of allylic oxidation sites excluding steroid dienone is 1. The number of hydrogen-bond acceptors (Lipinski definition) is 2. The first-order chi connectivity index (χ1) is 10.8. The van der Waals surface area contributed by atoms with Crippen LogP contribution in [0, 0.1) is 5.41 Å². The zero-order valence-corrected chi connectivity index (χ0v) is 12.7. The van der Waals surface area contributed by atoms with E-state index in [4.69, 9.17) is 0 Å². The summed E-state index contributed by atoms with van der Waals surface area (Å²) >= 11 is 0. The van der Waals surface area contributed by atoms with Gasteiger partial charge in [-0.15, -0.1) is 0 Å². The molecule has 0 radical (unpaired) electrons. The maximum absolute atomic E-state index is 11.1. The molecule has 4 rings (SSSR count). The first-order valence-electron chi connectivity index (χ1n) is 8.19. The zero-order valence-electron chi connectivity index (χ0n) is 12.7. The quantitative estimate of drug-likeness (QED) is 0.914. The van der Waals surface area contributed by atoms with E-state index in [0.717, 1.165) is 31.4 Å². The Balaban J connectivity index is 1.77. The lowest BCUT2D eigenvalue weighted by molar-refractivity contribution is 0.00676. The van der Waals surface area contributed by atoms with E-state index < -0.39 is 6.10 Å². The fourth-order valence-electron chi connectivity index (χ4n) is 4.02. The standard InChI is InChI=1S/C20H21NO/c22-19(18-11-3-4-14-21-18)20(12-6-13-20)17-10-5-8-15-7-1-2-9-16(15)17/h1-4,7,9-11,14,19,22H,5-6,8,12-13H2. The molecule has 1 aromatic carbocycles. The average molecular weight is 291 g/mol. The molecule has 2 heteroatoms. The Bertz CT molecular complexity index is 701. The van der Waals surface area contributed by atoms with Gasteiger partial charge in [0.05, 0.1) is 5.69 Å². The monoisotopic (exact) mass is 291 g/mol. The van der Waals surface area contributed by atoms with Gasteiger partial charge >= 0.3 is 0 Å². The van der Waals surface area contributed by atoms with Crippen molar-refractivity contribution in [2.24, 2.45) is 5.41 Å². The fraction of sp³-hybridized carbons (Fsp3) is 0.350. The number of aliphatic hydroxyl groups excluding tert-OH is 1. The maximum atomic E-state index is 11.1. The van der Waals surface area contributed by atoms with Crippen LogP contribution in [0.5, 0.6) is 0 Å². The molecule has 2 aliphatic carbocycles. The second-order valence-electron chi connectivity index (χ2n) is 6.48. The van der Waals surface area contributed by atoms with Gasteiger partial charge in [-0.1, -0.05) is 42.8 Å². The fourth-order valence-corrected chi connectivity index (χ4v) is 4.02. The van der Waals surface area contributed by atoms with Gasteiger partial charge in [-0.05, 0) is 54.5 Å². The summed E-state index contributed by atoms with van der Waals surface area (Å²) in [4.78, 5) is 4.40. The molecule has 0 spiro atoms. The van der Waals surface area contributed by atoms with Gasteiger partial charge in [-0.2, -0.15) is 0 Å². The molecule has 112 valence electrons. The van der Waals surface area contributed by atoms with Gasteiger partial charge < -0.3 is 5.11 Å². The van der Waals surface area contributed by atoms with Crippen LogP contribution in [0.4, 0.5) is 0 Å². The van der Waals surface area contributed by atoms with Gasteiger partial charge in [0.2, 0.25) is 0 Å². The smallest absolute Gasteiger partial charge is 0.106 e. The Morgan fingerprint density at radius 2 is 1.86 bits per heavy atom. The summed E-state index contributed by atoms with van der Waals surface area (Å²) in [6.07, 6.45) is 9.07. The molecule has 1 fully saturated rings. The van der Waals surface area contributed by atoms with E-state index in [9.17, 15) is 5.11 Å². The van der Waals surface area contributed by atoms with Crippen LogP contribution in [-0.2, 0) is 6.42 Å². The summed E-state index contributed by atoms with van der Waals surface area (Å²) in [5, 5.41) is 11.1. The van der Waals surface area contributed by atoms with Crippen molar-refractivity contribution in [1.29, 1.82) is 0 Å². The summed E-state index contributed by atoms with van der Waals surface area (Å²) in [6, 6.07) is 14.5. The Kier molecular flexibility index (Phi) is 3.34. The summed E-state index contributed by atoms with van der Waals surface area (Å²) < 4.78 is 0. The van der Waals surface area contributed by atoms with Gasteiger partial charge in [0, 0.05) is 11.6 Å². The zero-order chi connectivity index (χ0) is 15.0. The third-order valence-corrected chi connectivity index (χ3v) is 5.34. The molecule has 0 bridgehead atoms. The molecule has 1 N–H and O–H groups in total. The lowest BCUT2D eigenvalue weighted by atomic mass is 9.57. The first kappa shape index (κ1) is 13.7. The van der Waals surface area contributed by atoms with E-state index in [1.54, 1.807) is 6.20 Å². The maximum Gasteiger partial charge on any atom is 0.106 e. The van der Waals surface area contributed by atoms with Crippen molar-refractivity contribution in [3.63, 3.8) is 0 Å². The van der Waals surface area contributed by atoms with Gasteiger partial charge in [0.1, 0.15) is 6.10 Å². The van der Waals surface area contributed by atoms with Crippen molar-refractivity contribution < 1.29 is 5.11 Å². The highest BCUT2D eigenvalue weighted by atomic mass is 16.3. The van der Waals surface area contributed by atoms with Crippen molar-refractivity contribution >= 4 is 5.57 Å². The normalized spacial score (nSPS) is 20.5. The highest BCUT2D eigenvalue weighted by Crippen LogP contribution is 2.59. The highest BCUT2D eigenvalue weighted by molar-refractivity contribution is 5.75. The highest BCUT2D eigenvalue weighted by Gasteiger charge is 2.48. The molecule has 1 saturated carbocycles. The minimum Gasteiger partial charge on any atom is -0.386 e. The number of hydrogen-bond donors (Lipinski definition) is 1. The topological polar surface area (TPSA) is 33.1 Å². The summed E-state index contributed by atoms with van der Waals surface area (Å²) in [5.74, 6) is 0. The number of rotatable bonds is 3. The van der Waals surface area contributed by atoms with E-state index in [2.05, 4.69) is 35.3 Å². The minimum atomic E-state index is -0.514. The third kappa shape index (κ3) is 2.02. The largest absolute Gasteiger partial charge is 0.386 e. The van der Waals surface area contributed by atoms with Crippen LogP contribution in [0.1, 0.15) is 48.6 Å². The third-order valence-electron chi connectivity index (χ3n) is 5.34. The molecular weight excluding hydrogens is 270 g/mol. The van der Waals surface area contributed by atoms with Crippen molar-refractivity contribution in [2.75, 3.05) is 0 Å². The molecule has 2 aliphatic rings. The van der Waals surface area contributed by atoms with Crippen LogP contribution in [-0.4, -0.2) is 10.1 Å². The van der Waals surface area contributed by atoms with E-state index >= 15 is 0 Å². The van der Waals surface area contributed by atoms with Crippen molar-refractivity contribution in [1.82, 2.24) is 4.98 Å². The molecule has 1 unspecified atom stereocenters. The molecule has 1 aromatic heterocycles. The molecule has 0 amide bonds. The van der Waals surface area contributed by atoms with Crippen LogP contribution in [0.2, 0.25) is 0 Å². The Labute approximate surface area is 131 Å². The Hall–Kier alpha value is -1.93. The van der Waals surface area contributed by atoms with E-state index in [-0.39, 0.29) is 5.41 Å². The summed E-state index contributed by atoms with van der Waals surface area (Å²) in [7, 11) is 0. The van der Waals surface area contributed by atoms with Crippen LogP contribution >= 0.6 is 0 Å². The van der Waals surface area contributed by atoms with E-state index in [1.807, 2.05) is 18.2 Å². The van der Waals surface area contributed by atoms with Crippen LogP contribution in [0.25, 0.3) is 5.57 Å². The molecule has 1 atom stereocenters. The summed E-state index contributed by atoms with van der Waals surface area (Å²) in [5.41, 5.74) is 4.75. The average Bonchev–Trinajstić information content (AvgIpc) is 2.55. The van der Waals surface area contributed by atoms with Gasteiger partial charge in [-0.3, -0.25) is 4.98 Å². The van der Waals surface area contributed by atoms with Gasteiger partial charge in [0.25, 0.3) is 0 Å². The van der Waals surface area contributed by atoms with Gasteiger partial charge in [-0.25, -0.2) is 0 Å². The minimum absolute atomic E-state index is 0.148. The van der Waals surface area contributed by atoms with Crippen LogP contribution in [0.3, 0.4) is 0 Å². The van der Waals surface area contributed by atoms with E-state index in [1.165, 1.54) is 23.1 Å². The number of aliphatic hydroxyl groups is 1. The number of aromatic nitrogens is 1. The molecule has 22 heavy (non-hydrogen) atoms. The molecular formula is C20H21NO. The SMILES string of the molecule is OC(c1ccccn1)C1(C2=CCCc3ccccc32)CCC1. The molecule has 0 aliphatic heterocycles. The molecule has 0 saturated heterocycles. The number of pyridine rings is 1. The predicted octanol–water partition coefficient (Wildman–Crippen LogP) is 4.32. The number of aryl methyl sites for hydroxylation is 1. The Morgan fingerprint density at radius 1 is 1.05 bits per heavy atom. The summed E-state index contributed by atoms with van der Waals surface area (Å²) in [6.45, 7) is 0. The predicted molar refractivity (Wildman–Crippen MR) is 88.2 cm³/mol. The van der Waals surface area contributed by atoms with Crippen molar-refractivity contribution in [3.05, 3.63) is 71.6 Å². The van der Waals surface area contributed by atoms with Crippen LogP contribution < -0.4 is 0 Å². The Morgan fingerprint density at radius 3 is 2.59 bits per heavy atom.